The fourth-order valence-electron chi connectivity index (χ4n) is 1.36. The number of benzene rings is 1. The topological polar surface area (TPSA) is 72.7 Å². The summed E-state index contributed by atoms with van der Waals surface area (Å²) in [7, 11) is 0. The Morgan fingerprint density at radius 3 is 2.76 bits per heavy atom. The Bertz CT molecular complexity index is 334. The quantitative estimate of drug-likeness (QED) is 0.417. The number of nitrogens with one attached hydrogen (secondary N) is 1. The van der Waals surface area contributed by atoms with Crippen molar-refractivity contribution in [2.24, 2.45) is 0 Å². The molecule has 96 valence electrons. The van der Waals surface area contributed by atoms with Crippen LogP contribution in [0.25, 0.3) is 0 Å². The second-order valence-corrected chi connectivity index (χ2v) is 4.88. The van der Waals surface area contributed by atoms with Crippen molar-refractivity contribution in [3.8, 4) is 11.5 Å². The SMILES string of the molecule is OCCCSCCNCc1cccc(O)c1O. The first-order chi connectivity index (χ1) is 8.25. The molecule has 0 amide bonds. The Balaban J connectivity index is 2.16. The van der Waals surface area contributed by atoms with Crippen molar-refractivity contribution in [1.82, 2.24) is 5.32 Å². The number of aliphatic hydroxyl groups excluding tert-OH is 1. The van der Waals surface area contributed by atoms with E-state index in [1.807, 2.05) is 0 Å². The molecule has 1 aromatic rings. The number of hydrogen-bond acceptors (Lipinski definition) is 5. The molecule has 0 saturated heterocycles. The van der Waals surface area contributed by atoms with Gasteiger partial charge in [-0.2, -0.15) is 11.8 Å². The zero-order valence-electron chi connectivity index (χ0n) is 9.72. The van der Waals surface area contributed by atoms with Crippen LogP contribution in [0, 0.1) is 0 Å². The Kier molecular flexibility index (Phi) is 6.84. The van der Waals surface area contributed by atoms with Crippen molar-refractivity contribution in [3.63, 3.8) is 0 Å². The predicted octanol–water partition coefficient (Wildman–Crippen LogP) is 1.30. The fourth-order valence-corrected chi connectivity index (χ4v) is 2.18. The molecule has 0 spiro atoms. The highest BCUT2D eigenvalue weighted by molar-refractivity contribution is 7.99. The molecule has 1 rings (SSSR count). The maximum absolute atomic E-state index is 9.55. The van der Waals surface area contributed by atoms with E-state index in [2.05, 4.69) is 5.32 Å². The molecule has 0 bridgehead atoms. The van der Waals surface area contributed by atoms with E-state index in [0.29, 0.717) is 12.1 Å². The van der Waals surface area contributed by atoms with Crippen LogP contribution in [0.15, 0.2) is 18.2 Å². The zero-order chi connectivity index (χ0) is 12.5. The molecule has 0 aliphatic heterocycles. The summed E-state index contributed by atoms with van der Waals surface area (Å²) in [5.74, 6) is 1.81. The lowest BCUT2D eigenvalue weighted by atomic mass is 10.2. The van der Waals surface area contributed by atoms with E-state index in [-0.39, 0.29) is 18.1 Å². The monoisotopic (exact) mass is 257 g/mol. The van der Waals surface area contributed by atoms with Gasteiger partial charge in [-0.15, -0.1) is 0 Å². The maximum Gasteiger partial charge on any atom is 0.161 e. The Labute approximate surface area is 106 Å². The molecule has 1 aromatic carbocycles. The van der Waals surface area contributed by atoms with Crippen molar-refractivity contribution in [2.75, 3.05) is 24.7 Å². The van der Waals surface area contributed by atoms with Gasteiger partial charge < -0.3 is 20.6 Å². The van der Waals surface area contributed by atoms with Gasteiger partial charge in [0.25, 0.3) is 0 Å². The molecular formula is C12H19NO3S. The highest BCUT2D eigenvalue weighted by atomic mass is 32.2. The zero-order valence-corrected chi connectivity index (χ0v) is 10.5. The van der Waals surface area contributed by atoms with Crippen LogP contribution in [0.2, 0.25) is 0 Å². The van der Waals surface area contributed by atoms with Gasteiger partial charge >= 0.3 is 0 Å². The molecule has 0 unspecified atom stereocenters. The smallest absolute Gasteiger partial charge is 0.161 e. The second-order valence-electron chi connectivity index (χ2n) is 3.65. The van der Waals surface area contributed by atoms with Crippen LogP contribution in [-0.4, -0.2) is 40.0 Å². The number of para-hydroxylation sites is 1. The minimum Gasteiger partial charge on any atom is -0.504 e. The normalized spacial score (nSPS) is 10.6. The van der Waals surface area contributed by atoms with Gasteiger partial charge in [0, 0.05) is 31.0 Å². The molecule has 0 aliphatic rings. The molecule has 17 heavy (non-hydrogen) atoms. The highest BCUT2D eigenvalue weighted by Gasteiger charge is 2.04. The third-order valence-corrected chi connectivity index (χ3v) is 3.35. The summed E-state index contributed by atoms with van der Waals surface area (Å²) < 4.78 is 0. The minimum atomic E-state index is -0.0818. The number of rotatable bonds is 8. The summed E-state index contributed by atoms with van der Waals surface area (Å²) in [5.41, 5.74) is 0.699. The first-order valence-corrected chi connectivity index (χ1v) is 6.80. The van der Waals surface area contributed by atoms with Crippen LogP contribution in [0.4, 0.5) is 0 Å². The van der Waals surface area contributed by atoms with Crippen molar-refractivity contribution >= 4 is 11.8 Å². The van der Waals surface area contributed by atoms with Crippen LogP contribution in [0.3, 0.4) is 0 Å². The molecule has 0 aliphatic carbocycles. The Morgan fingerprint density at radius 1 is 1.18 bits per heavy atom. The molecule has 0 aromatic heterocycles. The molecule has 5 heteroatoms. The predicted molar refractivity (Wildman–Crippen MR) is 70.5 cm³/mol. The summed E-state index contributed by atoms with van der Waals surface area (Å²) in [4.78, 5) is 0. The van der Waals surface area contributed by atoms with Crippen molar-refractivity contribution in [3.05, 3.63) is 23.8 Å². The lowest BCUT2D eigenvalue weighted by Gasteiger charge is -2.07. The molecule has 0 fully saturated rings. The summed E-state index contributed by atoms with van der Waals surface area (Å²) in [5, 5.41) is 30.6. The second kappa shape index (κ2) is 8.22. The average Bonchev–Trinajstić information content (AvgIpc) is 2.33. The molecular weight excluding hydrogens is 238 g/mol. The van der Waals surface area contributed by atoms with Gasteiger partial charge in [0.05, 0.1) is 0 Å². The third kappa shape index (κ3) is 5.30. The molecule has 4 N–H and O–H groups in total. The van der Waals surface area contributed by atoms with Crippen LogP contribution in [-0.2, 0) is 6.54 Å². The first-order valence-electron chi connectivity index (χ1n) is 5.65. The summed E-state index contributed by atoms with van der Waals surface area (Å²) in [6, 6.07) is 4.95. The van der Waals surface area contributed by atoms with Crippen molar-refractivity contribution in [2.45, 2.75) is 13.0 Å². The molecule has 0 saturated carbocycles. The summed E-state index contributed by atoms with van der Waals surface area (Å²) >= 11 is 1.79. The lowest BCUT2D eigenvalue weighted by Crippen LogP contribution is -2.16. The van der Waals surface area contributed by atoms with Gasteiger partial charge in [-0.25, -0.2) is 0 Å². The van der Waals surface area contributed by atoms with Crippen LogP contribution in [0.1, 0.15) is 12.0 Å². The Morgan fingerprint density at radius 2 is 2.00 bits per heavy atom. The molecule has 0 radical (unpaired) electrons. The standard InChI is InChI=1S/C12H19NO3S/c14-6-2-7-17-8-5-13-9-10-3-1-4-11(15)12(10)16/h1,3-4,13-16H,2,5-9H2. The number of aliphatic hydroxyl groups is 1. The first kappa shape index (κ1) is 14.2. The van der Waals surface area contributed by atoms with Crippen LogP contribution >= 0.6 is 11.8 Å². The van der Waals surface area contributed by atoms with E-state index in [1.165, 1.54) is 6.07 Å². The van der Waals surface area contributed by atoms with Crippen molar-refractivity contribution < 1.29 is 15.3 Å². The Hall–Kier alpha value is -0.910. The molecule has 4 nitrogen and oxygen atoms in total. The number of thioether (sulfide) groups is 1. The number of phenols is 2. The molecule has 0 atom stereocenters. The van der Waals surface area contributed by atoms with E-state index in [4.69, 9.17) is 5.11 Å². The third-order valence-electron chi connectivity index (χ3n) is 2.28. The van der Waals surface area contributed by atoms with E-state index < -0.39 is 0 Å². The fraction of sp³-hybridized carbons (Fsp3) is 0.500. The van der Waals surface area contributed by atoms with Crippen LogP contribution in [0.5, 0.6) is 11.5 Å². The van der Waals surface area contributed by atoms with Crippen LogP contribution < -0.4 is 5.32 Å². The number of hydrogen-bond donors (Lipinski definition) is 4. The van der Waals surface area contributed by atoms with E-state index in [1.54, 1.807) is 23.9 Å². The van der Waals surface area contributed by atoms with E-state index >= 15 is 0 Å². The summed E-state index contributed by atoms with van der Waals surface area (Å²) in [6.07, 6.45) is 0.831. The van der Waals surface area contributed by atoms with Gasteiger partial charge in [0.15, 0.2) is 11.5 Å². The minimum absolute atomic E-state index is 0.0482. The number of phenolic OH excluding ortho intramolecular Hbond substituents is 2. The lowest BCUT2D eigenvalue weighted by molar-refractivity contribution is 0.296. The van der Waals surface area contributed by atoms with Crippen molar-refractivity contribution in [1.29, 1.82) is 0 Å². The van der Waals surface area contributed by atoms with Gasteiger partial charge in [0.1, 0.15) is 0 Å². The van der Waals surface area contributed by atoms with Gasteiger partial charge in [-0.3, -0.25) is 0 Å². The van der Waals surface area contributed by atoms with Gasteiger partial charge in [0.2, 0.25) is 0 Å². The largest absolute Gasteiger partial charge is 0.504 e. The van der Waals surface area contributed by atoms with E-state index in [9.17, 15) is 10.2 Å². The van der Waals surface area contributed by atoms with Gasteiger partial charge in [-0.1, -0.05) is 12.1 Å². The van der Waals surface area contributed by atoms with E-state index in [0.717, 1.165) is 24.5 Å². The molecule has 0 heterocycles. The highest BCUT2D eigenvalue weighted by Crippen LogP contribution is 2.27. The maximum atomic E-state index is 9.55. The number of aromatic hydroxyl groups is 2. The summed E-state index contributed by atoms with van der Waals surface area (Å²) in [6.45, 7) is 1.63. The average molecular weight is 257 g/mol. The van der Waals surface area contributed by atoms with Gasteiger partial charge in [-0.05, 0) is 18.2 Å².